The highest BCUT2D eigenvalue weighted by Gasteiger charge is 2.12. The van der Waals surface area contributed by atoms with E-state index in [1.54, 1.807) is 12.1 Å². The summed E-state index contributed by atoms with van der Waals surface area (Å²) in [5, 5.41) is 0. The van der Waals surface area contributed by atoms with Gasteiger partial charge in [0.15, 0.2) is 0 Å². The number of benzene rings is 2. The molecule has 2 rings (SSSR count). The van der Waals surface area contributed by atoms with Gasteiger partial charge in [-0.25, -0.2) is 4.39 Å². The van der Waals surface area contributed by atoms with Crippen molar-refractivity contribution in [1.29, 1.82) is 0 Å². The molecule has 0 fully saturated rings. The topological polar surface area (TPSA) is 38.0 Å². The summed E-state index contributed by atoms with van der Waals surface area (Å²) in [6.45, 7) is 4.17. The van der Waals surface area contributed by atoms with Crippen molar-refractivity contribution in [3.63, 3.8) is 0 Å². The maximum Gasteiger partial charge on any atom is 0.123 e. The lowest BCUT2D eigenvalue weighted by Gasteiger charge is -2.18. The summed E-state index contributed by atoms with van der Waals surface area (Å²) in [7, 11) is 0. The molecule has 0 bridgehead atoms. The van der Waals surface area contributed by atoms with Crippen LogP contribution in [-0.2, 0) is 6.42 Å². The predicted octanol–water partition coefficient (Wildman–Crippen LogP) is 3.19. The zero-order valence-corrected chi connectivity index (χ0v) is 11.3. The molecule has 2 aromatic rings. The number of rotatable bonds is 4. The number of hydrogen-bond donors (Lipinski definition) is 2. The molecule has 0 spiro atoms. The van der Waals surface area contributed by atoms with Crippen LogP contribution in [0.1, 0.15) is 28.3 Å². The average molecular weight is 258 g/mol. The van der Waals surface area contributed by atoms with E-state index in [2.05, 4.69) is 37.5 Å². The third-order valence-electron chi connectivity index (χ3n) is 3.40. The molecule has 0 aliphatic heterocycles. The van der Waals surface area contributed by atoms with E-state index >= 15 is 0 Å². The highest BCUT2D eigenvalue weighted by molar-refractivity contribution is 5.32. The molecule has 0 saturated heterocycles. The van der Waals surface area contributed by atoms with Crippen molar-refractivity contribution in [2.45, 2.75) is 26.3 Å². The van der Waals surface area contributed by atoms with Crippen molar-refractivity contribution in [2.75, 3.05) is 0 Å². The summed E-state index contributed by atoms with van der Waals surface area (Å²) in [5.74, 6) is 5.40. The van der Waals surface area contributed by atoms with Crippen LogP contribution in [0, 0.1) is 19.7 Å². The SMILES string of the molecule is Cc1ccc(C)c(CC(NN)c2ccc(F)cc2)c1. The molecule has 0 amide bonds. The van der Waals surface area contributed by atoms with E-state index in [0.29, 0.717) is 0 Å². The zero-order valence-electron chi connectivity index (χ0n) is 11.3. The number of nitrogens with one attached hydrogen (secondary N) is 1. The Kier molecular flexibility index (Phi) is 4.30. The molecule has 0 heterocycles. The molecule has 0 aliphatic rings. The van der Waals surface area contributed by atoms with E-state index in [0.717, 1.165) is 12.0 Å². The molecule has 3 N–H and O–H groups in total. The Bertz CT molecular complexity index is 549. The molecule has 3 heteroatoms. The first-order valence-corrected chi connectivity index (χ1v) is 6.38. The highest BCUT2D eigenvalue weighted by atomic mass is 19.1. The third kappa shape index (κ3) is 3.40. The van der Waals surface area contributed by atoms with Gasteiger partial charge in [-0.3, -0.25) is 11.3 Å². The van der Waals surface area contributed by atoms with E-state index in [9.17, 15) is 4.39 Å². The molecule has 0 radical (unpaired) electrons. The van der Waals surface area contributed by atoms with Crippen LogP contribution in [0.4, 0.5) is 4.39 Å². The van der Waals surface area contributed by atoms with Gasteiger partial charge in [0.1, 0.15) is 5.82 Å². The number of hydrogen-bond acceptors (Lipinski definition) is 2. The Labute approximate surface area is 113 Å². The van der Waals surface area contributed by atoms with Gasteiger partial charge in [0.25, 0.3) is 0 Å². The molecule has 0 aromatic heterocycles. The van der Waals surface area contributed by atoms with E-state index in [-0.39, 0.29) is 11.9 Å². The Morgan fingerprint density at radius 1 is 1.11 bits per heavy atom. The minimum Gasteiger partial charge on any atom is -0.271 e. The lowest BCUT2D eigenvalue weighted by molar-refractivity contribution is 0.548. The van der Waals surface area contributed by atoms with Crippen LogP contribution in [0.5, 0.6) is 0 Å². The Morgan fingerprint density at radius 2 is 1.79 bits per heavy atom. The summed E-state index contributed by atoms with van der Waals surface area (Å²) < 4.78 is 12.9. The standard InChI is InChI=1S/C16H19FN2/c1-11-3-4-12(2)14(9-11)10-16(19-18)13-5-7-15(17)8-6-13/h3-9,16,19H,10,18H2,1-2H3. The van der Waals surface area contributed by atoms with Crippen molar-refractivity contribution >= 4 is 0 Å². The second kappa shape index (κ2) is 5.95. The quantitative estimate of drug-likeness (QED) is 0.653. The number of halogens is 1. The van der Waals surface area contributed by atoms with Crippen LogP contribution >= 0.6 is 0 Å². The Morgan fingerprint density at radius 3 is 2.42 bits per heavy atom. The molecule has 1 atom stereocenters. The van der Waals surface area contributed by atoms with Gasteiger partial charge in [0.05, 0.1) is 0 Å². The first kappa shape index (κ1) is 13.7. The van der Waals surface area contributed by atoms with Crippen LogP contribution in [0.2, 0.25) is 0 Å². The molecule has 2 nitrogen and oxygen atoms in total. The highest BCUT2D eigenvalue weighted by Crippen LogP contribution is 2.21. The van der Waals surface area contributed by atoms with Crippen molar-refractivity contribution < 1.29 is 4.39 Å². The minimum absolute atomic E-state index is 0.0129. The fraction of sp³-hybridized carbons (Fsp3) is 0.250. The van der Waals surface area contributed by atoms with Crippen LogP contribution in [0.25, 0.3) is 0 Å². The molecular formula is C16H19FN2. The second-order valence-corrected chi connectivity index (χ2v) is 4.90. The monoisotopic (exact) mass is 258 g/mol. The first-order chi connectivity index (χ1) is 9.10. The lowest BCUT2D eigenvalue weighted by Crippen LogP contribution is -2.29. The molecule has 100 valence electrons. The van der Waals surface area contributed by atoms with Gasteiger partial charge in [-0.2, -0.15) is 0 Å². The van der Waals surface area contributed by atoms with E-state index < -0.39 is 0 Å². The van der Waals surface area contributed by atoms with Gasteiger partial charge in [0.2, 0.25) is 0 Å². The molecule has 0 aliphatic carbocycles. The van der Waals surface area contributed by atoms with Crippen molar-refractivity contribution in [1.82, 2.24) is 5.43 Å². The van der Waals surface area contributed by atoms with Gasteiger partial charge >= 0.3 is 0 Å². The fourth-order valence-corrected chi connectivity index (χ4v) is 2.21. The fourth-order valence-electron chi connectivity index (χ4n) is 2.21. The Hall–Kier alpha value is -1.71. The van der Waals surface area contributed by atoms with E-state index in [1.165, 1.54) is 28.8 Å². The van der Waals surface area contributed by atoms with Gasteiger partial charge < -0.3 is 0 Å². The molecule has 2 aromatic carbocycles. The zero-order chi connectivity index (χ0) is 13.8. The number of hydrazine groups is 1. The first-order valence-electron chi connectivity index (χ1n) is 6.38. The van der Waals surface area contributed by atoms with Crippen molar-refractivity contribution in [3.05, 3.63) is 70.5 Å². The van der Waals surface area contributed by atoms with Gasteiger partial charge in [0, 0.05) is 6.04 Å². The summed E-state index contributed by atoms with van der Waals surface area (Å²) in [6, 6.07) is 12.8. The molecule has 19 heavy (non-hydrogen) atoms. The summed E-state index contributed by atoms with van der Waals surface area (Å²) in [4.78, 5) is 0. The summed E-state index contributed by atoms with van der Waals surface area (Å²) >= 11 is 0. The van der Waals surface area contributed by atoms with E-state index in [4.69, 9.17) is 5.84 Å². The van der Waals surface area contributed by atoms with Crippen LogP contribution < -0.4 is 11.3 Å². The smallest absolute Gasteiger partial charge is 0.123 e. The molecular weight excluding hydrogens is 239 g/mol. The number of nitrogens with two attached hydrogens (primary N) is 1. The maximum atomic E-state index is 12.9. The van der Waals surface area contributed by atoms with Gasteiger partial charge in [-0.05, 0) is 49.1 Å². The maximum absolute atomic E-state index is 12.9. The lowest BCUT2D eigenvalue weighted by atomic mass is 9.95. The third-order valence-corrected chi connectivity index (χ3v) is 3.40. The largest absolute Gasteiger partial charge is 0.271 e. The average Bonchev–Trinajstić information content (AvgIpc) is 2.41. The summed E-state index contributed by atoms with van der Waals surface area (Å²) in [5.41, 5.74) is 7.53. The number of aryl methyl sites for hydroxylation is 2. The van der Waals surface area contributed by atoms with Crippen LogP contribution in [0.3, 0.4) is 0 Å². The van der Waals surface area contributed by atoms with Crippen molar-refractivity contribution in [3.8, 4) is 0 Å². The van der Waals surface area contributed by atoms with E-state index in [1.807, 2.05) is 0 Å². The predicted molar refractivity (Wildman–Crippen MR) is 76.1 cm³/mol. The minimum atomic E-state index is -0.230. The van der Waals surface area contributed by atoms with Gasteiger partial charge in [-0.15, -0.1) is 0 Å². The van der Waals surface area contributed by atoms with Crippen molar-refractivity contribution in [2.24, 2.45) is 5.84 Å². The molecule has 1 unspecified atom stereocenters. The van der Waals surface area contributed by atoms with Crippen LogP contribution in [0.15, 0.2) is 42.5 Å². The van der Waals surface area contributed by atoms with Crippen LogP contribution in [-0.4, -0.2) is 0 Å². The van der Waals surface area contributed by atoms with Gasteiger partial charge in [-0.1, -0.05) is 35.9 Å². The molecule has 0 saturated carbocycles. The summed E-state index contributed by atoms with van der Waals surface area (Å²) in [6.07, 6.45) is 0.787. The second-order valence-electron chi connectivity index (χ2n) is 4.90. The Balaban J connectivity index is 2.23. The normalized spacial score (nSPS) is 12.4.